The van der Waals surface area contributed by atoms with Crippen molar-refractivity contribution in [1.82, 2.24) is 5.43 Å². The molecule has 0 aliphatic rings. The average Bonchev–Trinajstić information content (AvgIpc) is 2.48. The van der Waals surface area contributed by atoms with Crippen LogP contribution in [0.25, 0.3) is 0 Å². The monoisotopic (exact) mass is 380 g/mol. The van der Waals surface area contributed by atoms with E-state index in [9.17, 15) is 4.79 Å². The summed E-state index contributed by atoms with van der Waals surface area (Å²) >= 11 is 9.35. The number of amides is 1. The molecule has 0 aromatic heterocycles. The standard InChI is InChI=1S/C16H14BrClN2O2/c1-11-8-13(17)6-7-15(11)22-10-16(21)20-19-9-12-4-2-3-5-14(12)18/h2-9H,10H2,1H3,(H,20,21). The van der Waals surface area contributed by atoms with Gasteiger partial charge >= 0.3 is 0 Å². The maximum absolute atomic E-state index is 11.7. The van der Waals surface area contributed by atoms with Gasteiger partial charge in [0.1, 0.15) is 5.75 Å². The maximum atomic E-state index is 11.7. The highest BCUT2D eigenvalue weighted by atomic mass is 79.9. The van der Waals surface area contributed by atoms with Gasteiger partial charge in [0.2, 0.25) is 0 Å². The Morgan fingerprint density at radius 3 is 2.86 bits per heavy atom. The fourth-order valence-electron chi connectivity index (χ4n) is 1.70. The first-order valence-corrected chi connectivity index (χ1v) is 7.69. The number of ether oxygens (including phenoxy) is 1. The lowest BCUT2D eigenvalue weighted by molar-refractivity contribution is -0.123. The second-order valence-corrected chi connectivity index (χ2v) is 5.84. The first-order chi connectivity index (χ1) is 10.6. The van der Waals surface area contributed by atoms with E-state index in [1.54, 1.807) is 18.2 Å². The topological polar surface area (TPSA) is 50.7 Å². The Balaban J connectivity index is 1.84. The minimum Gasteiger partial charge on any atom is -0.483 e. The quantitative estimate of drug-likeness (QED) is 0.630. The third kappa shape index (κ3) is 4.86. The maximum Gasteiger partial charge on any atom is 0.277 e. The Bertz CT molecular complexity index is 704. The van der Waals surface area contributed by atoms with Gasteiger partial charge in [-0.3, -0.25) is 4.79 Å². The van der Waals surface area contributed by atoms with E-state index >= 15 is 0 Å². The molecule has 2 aromatic rings. The minimum atomic E-state index is -0.342. The third-order valence-corrected chi connectivity index (χ3v) is 3.63. The van der Waals surface area contributed by atoms with Gasteiger partial charge in [-0.05, 0) is 36.8 Å². The summed E-state index contributed by atoms with van der Waals surface area (Å²) in [4.78, 5) is 11.7. The lowest BCUT2D eigenvalue weighted by Gasteiger charge is -2.08. The van der Waals surface area contributed by atoms with Crippen LogP contribution in [0.15, 0.2) is 52.0 Å². The second kappa shape index (κ2) is 7.96. The molecule has 0 aliphatic carbocycles. The summed E-state index contributed by atoms with van der Waals surface area (Å²) in [5.74, 6) is 0.319. The van der Waals surface area contributed by atoms with E-state index in [-0.39, 0.29) is 12.5 Å². The molecule has 0 saturated carbocycles. The summed E-state index contributed by atoms with van der Waals surface area (Å²) in [7, 11) is 0. The number of halogens is 2. The van der Waals surface area contributed by atoms with Crippen LogP contribution in [0.4, 0.5) is 0 Å². The van der Waals surface area contributed by atoms with Crippen LogP contribution in [0.2, 0.25) is 5.02 Å². The Morgan fingerprint density at radius 2 is 2.14 bits per heavy atom. The predicted molar refractivity (Wildman–Crippen MR) is 91.6 cm³/mol. The van der Waals surface area contributed by atoms with Crippen molar-refractivity contribution in [2.24, 2.45) is 5.10 Å². The van der Waals surface area contributed by atoms with Crippen molar-refractivity contribution in [3.05, 3.63) is 63.1 Å². The molecule has 4 nitrogen and oxygen atoms in total. The van der Waals surface area contributed by atoms with E-state index in [0.29, 0.717) is 10.8 Å². The van der Waals surface area contributed by atoms with Crippen molar-refractivity contribution in [2.45, 2.75) is 6.92 Å². The number of nitrogens with one attached hydrogen (secondary N) is 1. The molecule has 0 radical (unpaired) electrons. The lowest BCUT2D eigenvalue weighted by atomic mass is 10.2. The fraction of sp³-hybridized carbons (Fsp3) is 0.125. The van der Waals surface area contributed by atoms with Gasteiger partial charge in [-0.25, -0.2) is 5.43 Å². The van der Waals surface area contributed by atoms with E-state index in [2.05, 4.69) is 26.5 Å². The van der Waals surface area contributed by atoms with Crippen molar-refractivity contribution in [1.29, 1.82) is 0 Å². The molecule has 1 amide bonds. The normalized spacial score (nSPS) is 10.7. The van der Waals surface area contributed by atoms with Crippen molar-refractivity contribution in [3.8, 4) is 5.75 Å². The smallest absolute Gasteiger partial charge is 0.277 e. The molecular weight excluding hydrogens is 368 g/mol. The molecule has 0 spiro atoms. The summed E-state index contributed by atoms with van der Waals surface area (Å²) in [5, 5.41) is 4.43. The van der Waals surface area contributed by atoms with Crippen molar-refractivity contribution < 1.29 is 9.53 Å². The molecule has 114 valence electrons. The minimum absolute atomic E-state index is 0.109. The zero-order valence-corrected chi connectivity index (χ0v) is 14.2. The number of hydrogen-bond acceptors (Lipinski definition) is 3. The summed E-state index contributed by atoms with van der Waals surface area (Å²) in [6.45, 7) is 1.80. The van der Waals surface area contributed by atoms with Crippen LogP contribution >= 0.6 is 27.5 Å². The summed E-state index contributed by atoms with van der Waals surface area (Å²) in [5.41, 5.74) is 4.07. The molecule has 22 heavy (non-hydrogen) atoms. The number of carbonyl (C=O) groups excluding carboxylic acids is 1. The highest BCUT2D eigenvalue weighted by Gasteiger charge is 2.04. The van der Waals surface area contributed by atoms with Crippen LogP contribution in [-0.4, -0.2) is 18.7 Å². The summed E-state index contributed by atoms with van der Waals surface area (Å²) < 4.78 is 6.41. The Labute approximate surface area is 142 Å². The highest BCUT2D eigenvalue weighted by Crippen LogP contribution is 2.21. The summed E-state index contributed by atoms with van der Waals surface area (Å²) in [6.07, 6.45) is 1.49. The van der Waals surface area contributed by atoms with Gasteiger partial charge in [0.05, 0.1) is 6.21 Å². The van der Waals surface area contributed by atoms with Crippen LogP contribution in [0.3, 0.4) is 0 Å². The van der Waals surface area contributed by atoms with Crippen molar-refractivity contribution >= 4 is 39.7 Å². The molecule has 0 fully saturated rings. The van der Waals surface area contributed by atoms with E-state index < -0.39 is 0 Å². The molecular formula is C16H14BrClN2O2. The number of benzene rings is 2. The Hall–Kier alpha value is -1.85. The molecule has 0 heterocycles. The van der Waals surface area contributed by atoms with Gasteiger partial charge in [0, 0.05) is 15.1 Å². The molecule has 0 bridgehead atoms. The molecule has 6 heteroatoms. The summed E-state index contributed by atoms with van der Waals surface area (Å²) in [6, 6.07) is 12.8. The van der Waals surface area contributed by atoms with Crippen molar-refractivity contribution in [3.63, 3.8) is 0 Å². The second-order valence-electron chi connectivity index (χ2n) is 4.51. The SMILES string of the molecule is Cc1cc(Br)ccc1OCC(=O)NN=Cc1ccccc1Cl. The van der Waals surface area contributed by atoms with Crippen LogP contribution in [-0.2, 0) is 4.79 Å². The van der Waals surface area contributed by atoms with E-state index in [1.807, 2.05) is 31.2 Å². The van der Waals surface area contributed by atoms with Gasteiger partial charge < -0.3 is 4.74 Å². The first-order valence-electron chi connectivity index (χ1n) is 6.51. The zero-order chi connectivity index (χ0) is 15.9. The molecule has 0 aliphatic heterocycles. The number of hydrazone groups is 1. The van der Waals surface area contributed by atoms with E-state index in [1.165, 1.54) is 6.21 Å². The predicted octanol–water partition coefficient (Wildman–Crippen LogP) is 3.94. The molecule has 1 N–H and O–H groups in total. The molecule has 2 aromatic carbocycles. The molecule has 2 rings (SSSR count). The molecule has 0 atom stereocenters. The number of nitrogens with zero attached hydrogens (tertiary/aromatic N) is 1. The fourth-order valence-corrected chi connectivity index (χ4v) is 2.36. The largest absolute Gasteiger partial charge is 0.483 e. The van der Waals surface area contributed by atoms with Gasteiger partial charge in [0.15, 0.2) is 6.61 Å². The number of carbonyl (C=O) groups is 1. The van der Waals surface area contributed by atoms with Gasteiger partial charge in [-0.15, -0.1) is 0 Å². The highest BCUT2D eigenvalue weighted by molar-refractivity contribution is 9.10. The molecule has 0 unspecified atom stereocenters. The van der Waals surface area contributed by atoms with Crippen LogP contribution < -0.4 is 10.2 Å². The lowest BCUT2D eigenvalue weighted by Crippen LogP contribution is -2.24. The van der Waals surface area contributed by atoms with Gasteiger partial charge in [-0.2, -0.15) is 5.10 Å². The van der Waals surface area contributed by atoms with Gasteiger partial charge in [0.25, 0.3) is 5.91 Å². The van der Waals surface area contributed by atoms with Crippen LogP contribution in [0, 0.1) is 6.92 Å². The van der Waals surface area contributed by atoms with E-state index in [0.717, 1.165) is 15.6 Å². The van der Waals surface area contributed by atoms with Crippen LogP contribution in [0.5, 0.6) is 5.75 Å². The first kappa shape index (κ1) is 16.5. The number of hydrogen-bond donors (Lipinski definition) is 1. The number of rotatable bonds is 5. The third-order valence-electron chi connectivity index (χ3n) is 2.79. The Morgan fingerprint density at radius 1 is 1.36 bits per heavy atom. The zero-order valence-electron chi connectivity index (χ0n) is 11.8. The van der Waals surface area contributed by atoms with Crippen molar-refractivity contribution in [2.75, 3.05) is 6.61 Å². The van der Waals surface area contributed by atoms with E-state index in [4.69, 9.17) is 16.3 Å². The Kier molecular flexibility index (Phi) is 5.98. The average molecular weight is 382 g/mol. The van der Waals surface area contributed by atoms with Gasteiger partial charge in [-0.1, -0.05) is 45.7 Å². The number of aryl methyl sites for hydroxylation is 1. The van der Waals surface area contributed by atoms with Crippen LogP contribution in [0.1, 0.15) is 11.1 Å². The molecule has 0 saturated heterocycles.